The van der Waals surface area contributed by atoms with E-state index in [0.717, 1.165) is 23.4 Å². The topological polar surface area (TPSA) is 42.1 Å². The molecule has 2 aromatic rings. The van der Waals surface area contributed by atoms with E-state index in [1.54, 1.807) is 0 Å². The van der Waals surface area contributed by atoms with Crippen molar-refractivity contribution in [2.24, 2.45) is 0 Å². The number of H-pyrrole nitrogens is 1. The fraction of sp³-hybridized carbons (Fsp3) is 0.353. The van der Waals surface area contributed by atoms with Crippen LogP contribution in [-0.2, 0) is 16.0 Å². The molecule has 3 nitrogen and oxygen atoms in total. The van der Waals surface area contributed by atoms with Crippen molar-refractivity contribution in [1.82, 2.24) is 4.98 Å². The van der Waals surface area contributed by atoms with Crippen molar-refractivity contribution in [3.8, 4) is 0 Å². The van der Waals surface area contributed by atoms with Crippen LogP contribution >= 0.6 is 11.6 Å². The van der Waals surface area contributed by atoms with Crippen molar-refractivity contribution in [2.45, 2.75) is 39.2 Å². The van der Waals surface area contributed by atoms with E-state index in [2.05, 4.69) is 4.98 Å². The number of hydrogen-bond acceptors (Lipinski definition) is 2. The van der Waals surface area contributed by atoms with Gasteiger partial charge < -0.3 is 9.72 Å². The Morgan fingerprint density at radius 3 is 2.86 bits per heavy atom. The minimum Gasteiger partial charge on any atom is -0.457 e. The van der Waals surface area contributed by atoms with Crippen LogP contribution in [-0.4, -0.2) is 16.6 Å². The number of aryl methyl sites for hydroxylation is 1. The Kier molecular flexibility index (Phi) is 4.73. The van der Waals surface area contributed by atoms with Crippen LogP contribution in [0.4, 0.5) is 0 Å². The minimum atomic E-state index is -0.453. The molecular formula is C17H20ClNO2. The van der Waals surface area contributed by atoms with Gasteiger partial charge in [-0.05, 0) is 57.4 Å². The SMILES string of the molecule is CC(C)(C)OC(=O)C=CCCc1cc(Cl)cc2[nH]ccc12. The van der Waals surface area contributed by atoms with Gasteiger partial charge in [-0.2, -0.15) is 0 Å². The Bertz CT molecular complexity index is 665. The molecule has 0 aliphatic rings. The largest absolute Gasteiger partial charge is 0.457 e. The summed E-state index contributed by atoms with van der Waals surface area (Å²) in [5.74, 6) is -0.305. The Balaban J connectivity index is 1.96. The van der Waals surface area contributed by atoms with Crippen molar-refractivity contribution in [3.63, 3.8) is 0 Å². The maximum Gasteiger partial charge on any atom is 0.330 e. The molecule has 1 aromatic carbocycles. The van der Waals surface area contributed by atoms with Gasteiger partial charge in [0, 0.05) is 28.2 Å². The highest BCUT2D eigenvalue weighted by molar-refractivity contribution is 6.31. The predicted octanol–water partition coefficient (Wildman–Crippen LogP) is 4.65. The second kappa shape index (κ2) is 6.35. The number of hydrogen-bond donors (Lipinski definition) is 1. The Morgan fingerprint density at radius 1 is 1.38 bits per heavy atom. The molecule has 0 radical (unpaired) electrons. The normalized spacial score (nSPS) is 12.2. The molecule has 0 saturated heterocycles. The average molecular weight is 306 g/mol. The van der Waals surface area contributed by atoms with Gasteiger partial charge in [0.25, 0.3) is 0 Å². The number of fused-ring (bicyclic) bond motifs is 1. The van der Waals surface area contributed by atoms with Crippen molar-refractivity contribution in [3.05, 3.63) is 47.1 Å². The van der Waals surface area contributed by atoms with E-state index in [1.165, 1.54) is 17.0 Å². The molecule has 4 heteroatoms. The molecule has 0 amide bonds. The highest BCUT2D eigenvalue weighted by Crippen LogP contribution is 2.24. The highest BCUT2D eigenvalue weighted by atomic mass is 35.5. The molecule has 0 atom stereocenters. The van der Waals surface area contributed by atoms with Gasteiger partial charge in [0.15, 0.2) is 0 Å². The van der Waals surface area contributed by atoms with Gasteiger partial charge in [-0.3, -0.25) is 0 Å². The lowest BCUT2D eigenvalue weighted by atomic mass is 10.1. The summed E-state index contributed by atoms with van der Waals surface area (Å²) in [4.78, 5) is 14.7. The first kappa shape index (κ1) is 15.6. The van der Waals surface area contributed by atoms with Crippen LogP contribution in [0.3, 0.4) is 0 Å². The fourth-order valence-electron chi connectivity index (χ4n) is 2.17. The molecule has 0 aliphatic heterocycles. The third kappa shape index (κ3) is 4.64. The number of allylic oxidation sites excluding steroid dienone is 1. The fourth-order valence-corrected chi connectivity index (χ4v) is 2.41. The molecule has 1 aromatic heterocycles. The number of carbonyl (C=O) groups excluding carboxylic acids is 1. The number of benzene rings is 1. The van der Waals surface area contributed by atoms with Gasteiger partial charge in [0.1, 0.15) is 5.60 Å². The molecular weight excluding hydrogens is 286 g/mol. The zero-order valence-corrected chi connectivity index (χ0v) is 13.3. The second-order valence-corrected chi connectivity index (χ2v) is 6.41. The van der Waals surface area contributed by atoms with Gasteiger partial charge in [-0.25, -0.2) is 4.79 Å². The molecule has 0 unspecified atom stereocenters. The summed E-state index contributed by atoms with van der Waals surface area (Å²) in [6.45, 7) is 5.56. The lowest BCUT2D eigenvalue weighted by molar-refractivity contribution is -0.148. The van der Waals surface area contributed by atoms with E-state index in [4.69, 9.17) is 16.3 Å². The number of halogens is 1. The quantitative estimate of drug-likeness (QED) is 0.660. The average Bonchev–Trinajstić information content (AvgIpc) is 2.80. The van der Waals surface area contributed by atoms with Crippen molar-refractivity contribution >= 4 is 28.5 Å². The number of esters is 1. The number of aromatic amines is 1. The van der Waals surface area contributed by atoms with Crippen LogP contribution in [0.15, 0.2) is 36.5 Å². The molecule has 0 aliphatic carbocycles. The monoisotopic (exact) mass is 305 g/mol. The molecule has 1 N–H and O–H groups in total. The molecule has 0 fully saturated rings. The lowest BCUT2D eigenvalue weighted by Crippen LogP contribution is -2.22. The summed E-state index contributed by atoms with van der Waals surface area (Å²) in [6, 6.07) is 5.93. The maximum atomic E-state index is 11.6. The molecule has 0 bridgehead atoms. The van der Waals surface area contributed by atoms with E-state index in [0.29, 0.717) is 0 Å². The lowest BCUT2D eigenvalue weighted by Gasteiger charge is -2.17. The van der Waals surface area contributed by atoms with E-state index >= 15 is 0 Å². The summed E-state index contributed by atoms with van der Waals surface area (Å²) in [6.07, 6.45) is 6.83. The van der Waals surface area contributed by atoms with Gasteiger partial charge in [0.05, 0.1) is 0 Å². The molecule has 21 heavy (non-hydrogen) atoms. The Labute approximate surface area is 129 Å². The van der Waals surface area contributed by atoms with E-state index in [9.17, 15) is 4.79 Å². The zero-order chi connectivity index (χ0) is 15.5. The van der Waals surface area contributed by atoms with Crippen LogP contribution in [0.2, 0.25) is 5.02 Å². The van der Waals surface area contributed by atoms with Crippen LogP contribution < -0.4 is 0 Å². The zero-order valence-electron chi connectivity index (χ0n) is 12.6. The van der Waals surface area contributed by atoms with Gasteiger partial charge in [0.2, 0.25) is 0 Å². The number of rotatable bonds is 4. The van der Waals surface area contributed by atoms with Crippen LogP contribution in [0.1, 0.15) is 32.8 Å². The second-order valence-electron chi connectivity index (χ2n) is 5.98. The van der Waals surface area contributed by atoms with Crippen LogP contribution in [0.5, 0.6) is 0 Å². The first-order valence-corrected chi connectivity index (χ1v) is 7.38. The van der Waals surface area contributed by atoms with Gasteiger partial charge in [-0.15, -0.1) is 0 Å². The van der Waals surface area contributed by atoms with E-state index in [1.807, 2.05) is 51.2 Å². The van der Waals surface area contributed by atoms with Gasteiger partial charge in [-0.1, -0.05) is 17.7 Å². The van der Waals surface area contributed by atoms with Crippen molar-refractivity contribution in [1.29, 1.82) is 0 Å². The molecule has 0 saturated carbocycles. The highest BCUT2D eigenvalue weighted by Gasteiger charge is 2.13. The van der Waals surface area contributed by atoms with Crippen LogP contribution in [0, 0.1) is 0 Å². The summed E-state index contributed by atoms with van der Waals surface area (Å²) < 4.78 is 5.22. The first-order chi connectivity index (χ1) is 9.85. The Hall–Kier alpha value is -1.74. The molecule has 1 heterocycles. The standard InChI is InChI=1S/C17H20ClNO2/c1-17(2,3)21-16(20)7-5-4-6-12-10-13(18)11-15-14(12)8-9-19-15/h5,7-11,19H,4,6H2,1-3H3. The summed E-state index contributed by atoms with van der Waals surface area (Å²) >= 11 is 6.10. The maximum absolute atomic E-state index is 11.6. The number of nitrogens with one attached hydrogen (secondary N) is 1. The van der Waals surface area contributed by atoms with E-state index in [-0.39, 0.29) is 5.97 Å². The van der Waals surface area contributed by atoms with Gasteiger partial charge >= 0.3 is 5.97 Å². The number of ether oxygens (including phenoxy) is 1. The molecule has 0 spiro atoms. The molecule has 112 valence electrons. The van der Waals surface area contributed by atoms with Crippen LogP contribution in [0.25, 0.3) is 10.9 Å². The first-order valence-electron chi connectivity index (χ1n) is 7.00. The third-order valence-electron chi connectivity index (χ3n) is 2.96. The Morgan fingerprint density at radius 2 is 2.14 bits per heavy atom. The summed E-state index contributed by atoms with van der Waals surface area (Å²) in [5.41, 5.74) is 1.76. The summed E-state index contributed by atoms with van der Waals surface area (Å²) in [5, 5.41) is 1.89. The number of aromatic nitrogens is 1. The number of carbonyl (C=O) groups is 1. The van der Waals surface area contributed by atoms with Crippen molar-refractivity contribution in [2.75, 3.05) is 0 Å². The minimum absolute atomic E-state index is 0.305. The van der Waals surface area contributed by atoms with Crippen molar-refractivity contribution < 1.29 is 9.53 Å². The molecule has 2 rings (SSSR count). The predicted molar refractivity (Wildman–Crippen MR) is 86.6 cm³/mol. The smallest absolute Gasteiger partial charge is 0.330 e. The summed E-state index contributed by atoms with van der Waals surface area (Å²) in [7, 11) is 0. The third-order valence-corrected chi connectivity index (χ3v) is 3.18. The van der Waals surface area contributed by atoms with E-state index < -0.39 is 5.60 Å².